The molecule has 0 saturated heterocycles. The van der Waals surface area contributed by atoms with Gasteiger partial charge in [-0.15, -0.1) is 6.42 Å². The Bertz CT molecular complexity index is 2890. The Labute approximate surface area is 352 Å². The van der Waals surface area contributed by atoms with Gasteiger partial charge in [0.05, 0.1) is 22.4 Å². The molecule has 8 rings (SSSR count). The van der Waals surface area contributed by atoms with Crippen LogP contribution < -0.4 is 11.5 Å². The van der Waals surface area contributed by atoms with Crippen LogP contribution in [0.1, 0.15) is 51.8 Å². The summed E-state index contributed by atoms with van der Waals surface area (Å²) < 4.78 is 4.51. The SMILES string of the molecule is C#C[C@@](C)(O)c1cccnn1.C[C@@](O)(C#Cc1cccc(-n2nc(C(N)=O)c3ccccc32)c1)c1cccnn1.NC(=O)c1nn(-c2cccc(I)c2)c2ccccc12. The van der Waals surface area contributed by atoms with Crippen LogP contribution in [0.3, 0.4) is 0 Å². The van der Waals surface area contributed by atoms with Gasteiger partial charge in [0.15, 0.2) is 22.6 Å². The fraction of sp³-hybridized carbons (Fsp3) is 0.0909. The van der Waals surface area contributed by atoms with Gasteiger partial charge in [0.25, 0.3) is 11.8 Å². The van der Waals surface area contributed by atoms with E-state index in [1.54, 1.807) is 46.6 Å². The van der Waals surface area contributed by atoms with Gasteiger partial charge in [0.2, 0.25) is 0 Å². The van der Waals surface area contributed by atoms with Gasteiger partial charge >= 0.3 is 0 Å². The molecule has 2 atom stereocenters. The van der Waals surface area contributed by atoms with Crippen LogP contribution in [0, 0.1) is 27.8 Å². The zero-order chi connectivity index (χ0) is 42.2. The lowest BCUT2D eigenvalue weighted by molar-refractivity contribution is 0.0988. The highest BCUT2D eigenvalue weighted by molar-refractivity contribution is 14.1. The molecule has 0 unspecified atom stereocenters. The average Bonchev–Trinajstić information content (AvgIpc) is 3.85. The van der Waals surface area contributed by atoms with Crippen molar-refractivity contribution in [2.24, 2.45) is 11.5 Å². The number of benzene rings is 4. The van der Waals surface area contributed by atoms with Crippen molar-refractivity contribution in [1.29, 1.82) is 0 Å². The molecule has 2 amide bonds. The number of para-hydroxylation sites is 2. The highest BCUT2D eigenvalue weighted by Gasteiger charge is 2.23. The van der Waals surface area contributed by atoms with Crippen LogP contribution in [-0.2, 0) is 11.2 Å². The second kappa shape index (κ2) is 17.9. The van der Waals surface area contributed by atoms with Crippen LogP contribution in [0.25, 0.3) is 33.2 Å². The number of primary amides is 2. The van der Waals surface area contributed by atoms with Gasteiger partial charge in [-0.1, -0.05) is 66.3 Å². The van der Waals surface area contributed by atoms with Crippen molar-refractivity contribution in [2.75, 3.05) is 0 Å². The summed E-state index contributed by atoms with van der Waals surface area (Å²) in [7, 11) is 0. The molecule has 0 saturated carbocycles. The van der Waals surface area contributed by atoms with Crippen molar-refractivity contribution in [2.45, 2.75) is 25.0 Å². The summed E-state index contributed by atoms with van der Waals surface area (Å²) in [6.45, 7) is 3.06. The van der Waals surface area contributed by atoms with Gasteiger partial charge in [-0.3, -0.25) is 9.59 Å². The van der Waals surface area contributed by atoms with Gasteiger partial charge in [-0.25, -0.2) is 9.36 Å². The van der Waals surface area contributed by atoms with Crippen molar-refractivity contribution in [1.82, 2.24) is 40.0 Å². The first kappa shape index (κ1) is 41.3. The van der Waals surface area contributed by atoms with E-state index in [1.807, 2.05) is 91.0 Å². The van der Waals surface area contributed by atoms with Gasteiger partial charge in [-0.05, 0) is 109 Å². The number of nitrogens with zero attached hydrogens (tertiary/aromatic N) is 8. The Balaban J connectivity index is 0.000000166. The molecular weight excluding hydrogens is 859 g/mol. The third kappa shape index (κ3) is 9.63. The van der Waals surface area contributed by atoms with Crippen molar-refractivity contribution in [3.8, 4) is 35.6 Å². The Morgan fingerprint density at radius 3 is 1.63 bits per heavy atom. The number of amides is 2. The molecule has 0 aliphatic heterocycles. The third-order valence-corrected chi connectivity index (χ3v) is 9.33. The minimum Gasteiger partial charge on any atom is -0.372 e. The maximum Gasteiger partial charge on any atom is 0.269 e. The summed E-state index contributed by atoms with van der Waals surface area (Å²) in [4.78, 5) is 23.2. The molecule has 0 bridgehead atoms. The molecule has 292 valence electrons. The van der Waals surface area contributed by atoms with E-state index in [0.29, 0.717) is 28.0 Å². The smallest absolute Gasteiger partial charge is 0.269 e. The largest absolute Gasteiger partial charge is 0.372 e. The van der Waals surface area contributed by atoms with Crippen molar-refractivity contribution < 1.29 is 19.8 Å². The molecule has 4 aromatic carbocycles. The molecule has 4 heterocycles. The molecular formula is C44H35IN10O4. The van der Waals surface area contributed by atoms with Crippen LogP contribution in [0.5, 0.6) is 0 Å². The number of fused-ring (bicyclic) bond motifs is 2. The summed E-state index contributed by atoms with van der Waals surface area (Å²) in [6, 6.07) is 36.9. The van der Waals surface area contributed by atoms with Crippen LogP contribution in [-0.4, -0.2) is 62.0 Å². The second-order valence-electron chi connectivity index (χ2n) is 13.1. The third-order valence-electron chi connectivity index (χ3n) is 8.66. The first-order valence-corrected chi connectivity index (χ1v) is 18.8. The highest BCUT2D eigenvalue weighted by atomic mass is 127. The monoisotopic (exact) mass is 894 g/mol. The Morgan fingerprint density at radius 2 is 1.15 bits per heavy atom. The highest BCUT2D eigenvalue weighted by Crippen LogP contribution is 2.24. The molecule has 4 aromatic heterocycles. The maximum absolute atomic E-state index is 11.8. The first-order valence-electron chi connectivity index (χ1n) is 17.7. The Kier molecular flexibility index (Phi) is 12.5. The molecule has 8 aromatic rings. The number of aliphatic hydroxyl groups is 2. The molecule has 14 nitrogen and oxygen atoms in total. The van der Waals surface area contributed by atoms with Crippen LogP contribution >= 0.6 is 22.6 Å². The van der Waals surface area contributed by atoms with E-state index >= 15 is 0 Å². The van der Waals surface area contributed by atoms with E-state index in [9.17, 15) is 19.8 Å². The van der Waals surface area contributed by atoms with E-state index < -0.39 is 23.0 Å². The number of hydrogen-bond donors (Lipinski definition) is 4. The van der Waals surface area contributed by atoms with Gasteiger partial charge in [-0.2, -0.15) is 30.6 Å². The lowest BCUT2D eigenvalue weighted by Gasteiger charge is -2.14. The number of carbonyl (C=O) groups is 2. The molecule has 6 N–H and O–H groups in total. The number of hydrogen-bond acceptors (Lipinski definition) is 10. The normalized spacial score (nSPS) is 12.5. The Hall–Kier alpha value is -7.31. The predicted octanol–water partition coefficient (Wildman–Crippen LogP) is 5.22. The zero-order valence-electron chi connectivity index (χ0n) is 31.6. The van der Waals surface area contributed by atoms with Gasteiger partial charge < -0.3 is 21.7 Å². The Morgan fingerprint density at radius 1 is 0.661 bits per heavy atom. The summed E-state index contributed by atoms with van der Waals surface area (Å²) in [6.07, 6.45) is 8.13. The summed E-state index contributed by atoms with van der Waals surface area (Å²) in [5.41, 5.74) is 13.3. The minimum atomic E-state index is -1.44. The number of halogens is 1. The van der Waals surface area contributed by atoms with Gasteiger partial charge in [0, 0.05) is 32.3 Å². The van der Waals surface area contributed by atoms with Crippen molar-refractivity contribution in [3.63, 3.8) is 0 Å². The standard InChI is InChI=1S/C22H17N5O2.C14H10IN3O.C8H8N2O/c1-22(29,19-10-5-13-24-25-19)12-11-15-6-4-7-16(14-15)27-18-9-3-2-8-17(18)20(26-27)21(23)28;15-9-4-3-5-10(8-9)18-12-7-2-1-6-11(12)13(17-18)14(16)19;1-3-8(2,11)7-5-4-6-9-10-7/h2-10,13-14,29H,1H3,(H2,23,28);1-8H,(H2,16,19);1,4-6,11H,2H3/t22-;;8-/m1.1/s1. The topological polar surface area (TPSA) is 214 Å². The molecule has 59 heavy (non-hydrogen) atoms. The lowest BCUT2D eigenvalue weighted by atomic mass is 10.0. The number of terminal acetylenes is 1. The van der Waals surface area contributed by atoms with E-state index in [1.165, 1.54) is 19.3 Å². The minimum absolute atomic E-state index is 0.211. The van der Waals surface area contributed by atoms with E-state index in [2.05, 4.69) is 70.9 Å². The molecule has 0 spiro atoms. The van der Waals surface area contributed by atoms with Crippen molar-refractivity contribution >= 4 is 56.2 Å². The van der Waals surface area contributed by atoms with E-state index in [-0.39, 0.29) is 5.69 Å². The van der Waals surface area contributed by atoms with Crippen LogP contribution in [0.15, 0.2) is 134 Å². The van der Waals surface area contributed by atoms with Crippen LogP contribution in [0.4, 0.5) is 0 Å². The zero-order valence-corrected chi connectivity index (χ0v) is 33.8. The number of rotatable bonds is 6. The summed E-state index contributed by atoms with van der Waals surface area (Å²) in [5.74, 6) is 6.91. The molecule has 0 radical (unpaired) electrons. The molecule has 0 fully saturated rings. The summed E-state index contributed by atoms with van der Waals surface area (Å²) >= 11 is 2.24. The van der Waals surface area contributed by atoms with E-state index in [0.717, 1.165) is 31.4 Å². The molecule has 0 aliphatic carbocycles. The fourth-order valence-electron chi connectivity index (χ4n) is 5.67. The van der Waals surface area contributed by atoms with Gasteiger partial charge in [0.1, 0.15) is 11.4 Å². The number of aromatic nitrogens is 8. The fourth-order valence-corrected chi connectivity index (χ4v) is 6.19. The summed E-state index contributed by atoms with van der Waals surface area (Å²) in [5, 5.41) is 45.2. The van der Waals surface area contributed by atoms with Crippen LogP contribution in [0.2, 0.25) is 0 Å². The second-order valence-corrected chi connectivity index (χ2v) is 14.3. The average molecular weight is 895 g/mol. The number of nitrogens with two attached hydrogens (primary N) is 2. The molecule has 0 aliphatic rings. The predicted molar refractivity (Wildman–Crippen MR) is 231 cm³/mol. The lowest BCUT2D eigenvalue weighted by Crippen LogP contribution is -2.20. The van der Waals surface area contributed by atoms with E-state index in [4.69, 9.17) is 17.9 Å². The molecule has 15 heteroatoms. The quantitative estimate of drug-likeness (QED) is 0.126. The van der Waals surface area contributed by atoms with Crippen molar-refractivity contribution in [3.05, 3.63) is 166 Å². The number of carbonyl (C=O) groups excluding carboxylic acids is 2. The first-order chi connectivity index (χ1) is 28.3. The maximum atomic E-state index is 11.8.